The number of hydrogen-bond donors (Lipinski definition) is 1. The van der Waals surface area contributed by atoms with E-state index in [0.29, 0.717) is 28.9 Å². The molecule has 0 radical (unpaired) electrons. The lowest BCUT2D eigenvalue weighted by Crippen LogP contribution is -2.54. The number of benzene rings is 2. The molecule has 4 amide bonds. The lowest BCUT2D eigenvalue weighted by atomic mass is 10.1. The molecule has 0 aliphatic carbocycles. The van der Waals surface area contributed by atoms with E-state index in [1.165, 1.54) is 17.8 Å². The van der Waals surface area contributed by atoms with Gasteiger partial charge >= 0.3 is 6.03 Å². The third-order valence-corrected chi connectivity index (χ3v) is 5.29. The van der Waals surface area contributed by atoms with Crippen molar-refractivity contribution in [2.45, 2.75) is 16.9 Å². The van der Waals surface area contributed by atoms with Gasteiger partial charge in [-0.15, -0.1) is 0 Å². The Kier molecular flexibility index (Phi) is 5.90. The quantitative estimate of drug-likeness (QED) is 0.454. The van der Waals surface area contributed by atoms with Gasteiger partial charge < -0.3 is 9.15 Å². The van der Waals surface area contributed by atoms with Crippen molar-refractivity contribution in [3.63, 3.8) is 0 Å². The van der Waals surface area contributed by atoms with Crippen molar-refractivity contribution in [2.24, 2.45) is 0 Å². The second kappa shape index (κ2) is 8.93. The summed E-state index contributed by atoms with van der Waals surface area (Å²) in [6.45, 7) is 2.36. The normalized spacial score (nSPS) is 15.3. The lowest BCUT2D eigenvalue weighted by Gasteiger charge is -2.26. The van der Waals surface area contributed by atoms with Gasteiger partial charge in [0.2, 0.25) is 0 Å². The third-order valence-electron chi connectivity index (χ3n) is 4.36. The summed E-state index contributed by atoms with van der Waals surface area (Å²) in [7, 11) is 0. The molecule has 2 aromatic carbocycles. The lowest BCUT2D eigenvalue weighted by molar-refractivity contribution is -0.122. The van der Waals surface area contributed by atoms with Gasteiger partial charge in [-0.3, -0.25) is 14.9 Å². The van der Waals surface area contributed by atoms with E-state index in [-0.39, 0.29) is 5.57 Å². The minimum Gasteiger partial charge on any atom is -0.494 e. The molecule has 8 heteroatoms. The Morgan fingerprint density at radius 3 is 2.45 bits per heavy atom. The highest BCUT2D eigenvalue weighted by molar-refractivity contribution is 7.99. The van der Waals surface area contributed by atoms with E-state index in [0.717, 1.165) is 9.80 Å². The summed E-state index contributed by atoms with van der Waals surface area (Å²) in [5, 5.41) is 2.81. The molecule has 1 aromatic heterocycles. The zero-order valence-corrected chi connectivity index (χ0v) is 17.3. The van der Waals surface area contributed by atoms with Crippen LogP contribution in [0.25, 0.3) is 6.08 Å². The number of anilines is 1. The molecule has 1 saturated heterocycles. The van der Waals surface area contributed by atoms with Crippen LogP contribution in [0.5, 0.6) is 5.75 Å². The Hall–Kier alpha value is -3.78. The van der Waals surface area contributed by atoms with Gasteiger partial charge in [0.1, 0.15) is 17.1 Å². The topological polar surface area (TPSA) is 88.8 Å². The Balaban J connectivity index is 1.57. The number of nitrogens with one attached hydrogen (secondary N) is 1. The van der Waals surface area contributed by atoms with Crippen LogP contribution in [0.15, 0.2) is 86.7 Å². The molecule has 3 aromatic rings. The number of hydrogen-bond acceptors (Lipinski definition) is 6. The van der Waals surface area contributed by atoms with Crippen LogP contribution < -0.4 is 15.0 Å². The predicted molar refractivity (Wildman–Crippen MR) is 116 cm³/mol. The first-order valence-corrected chi connectivity index (χ1v) is 10.3. The molecule has 156 valence electrons. The SMILES string of the molecule is CCOc1ccc(N2C(=O)NC(=O)/C(=C\c3ccc(Sc4ccccc4)o3)C2=O)cc1. The van der Waals surface area contributed by atoms with Crippen LogP contribution in [0.2, 0.25) is 0 Å². The number of furan rings is 1. The van der Waals surface area contributed by atoms with Crippen LogP contribution in [0.1, 0.15) is 12.7 Å². The van der Waals surface area contributed by atoms with Gasteiger partial charge in [-0.05, 0) is 61.5 Å². The van der Waals surface area contributed by atoms with Crippen molar-refractivity contribution < 1.29 is 23.5 Å². The number of rotatable bonds is 6. The van der Waals surface area contributed by atoms with Crippen molar-refractivity contribution in [1.82, 2.24) is 5.32 Å². The second-order valence-electron chi connectivity index (χ2n) is 6.46. The Bertz CT molecular complexity index is 1150. The maximum atomic E-state index is 13.0. The van der Waals surface area contributed by atoms with Crippen LogP contribution in [0.4, 0.5) is 10.5 Å². The van der Waals surface area contributed by atoms with Gasteiger partial charge in [0.25, 0.3) is 11.8 Å². The van der Waals surface area contributed by atoms with E-state index in [1.807, 2.05) is 37.3 Å². The highest BCUT2D eigenvalue weighted by Gasteiger charge is 2.37. The minimum absolute atomic E-state index is 0.195. The standard InChI is InChI=1S/C23H18N2O5S/c1-2-29-16-10-8-15(9-11-16)25-22(27)19(21(26)24-23(25)28)14-17-12-13-20(30-17)31-18-6-4-3-5-7-18/h3-14H,2H2,1H3,(H,24,26,28)/b19-14+. The summed E-state index contributed by atoms with van der Waals surface area (Å²) in [5.41, 5.74) is 0.128. The molecule has 1 aliphatic heterocycles. The molecular formula is C23H18N2O5S. The zero-order chi connectivity index (χ0) is 21.8. The third kappa shape index (κ3) is 4.54. The van der Waals surface area contributed by atoms with Crippen LogP contribution in [0.3, 0.4) is 0 Å². The molecule has 0 unspecified atom stereocenters. The van der Waals surface area contributed by atoms with E-state index >= 15 is 0 Å². The van der Waals surface area contributed by atoms with Crippen LogP contribution >= 0.6 is 11.8 Å². The molecule has 1 aliphatic rings. The average molecular weight is 434 g/mol. The average Bonchev–Trinajstić information content (AvgIpc) is 3.20. The fourth-order valence-electron chi connectivity index (χ4n) is 2.96. The molecule has 31 heavy (non-hydrogen) atoms. The number of barbiturate groups is 1. The van der Waals surface area contributed by atoms with Gasteiger partial charge in [0.05, 0.1) is 12.3 Å². The number of ether oxygens (including phenoxy) is 1. The highest BCUT2D eigenvalue weighted by Crippen LogP contribution is 2.30. The summed E-state index contributed by atoms with van der Waals surface area (Å²) in [5.74, 6) is -0.558. The van der Waals surface area contributed by atoms with Gasteiger partial charge in [0.15, 0.2) is 5.09 Å². The molecule has 0 bridgehead atoms. The maximum absolute atomic E-state index is 13.0. The molecular weight excluding hydrogens is 416 g/mol. The zero-order valence-electron chi connectivity index (χ0n) is 16.5. The largest absolute Gasteiger partial charge is 0.494 e. The molecule has 7 nitrogen and oxygen atoms in total. The fourth-order valence-corrected chi connectivity index (χ4v) is 3.76. The van der Waals surface area contributed by atoms with E-state index in [4.69, 9.17) is 9.15 Å². The molecule has 0 atom stereocenters. The predicted octanol–water partition coefficient (Wildman–Crippen LogP) is 4.50. The first kappa shape index (κ1) is 20.5. The fraction of sp³-hybridized carbons (Fsp3) is 0.0870. The van der Waals surface area contributed by atoms with Gasteiger partial charge in [-0.1, -0.05) is 30.0 Å². The van der Waals surface area contributed by atoms with Crippen molar-refractivity contribution >= 4 is 41.4 Å². The number of urea groups is 1. The van der Waals surface area contributed by atoms with Crippen LogP contribution in [0, 0.1) is 0 Å². The summed E-state index contributed by atoms with van der Waals surface area (Å²) in [6, 6.07) is 18.7. The molecule has 0 spiro atoms. The number of amides is 4. The smallest absolute Gasteiger partial charge is 0.335 e. The minimum atomic E-state index is -0.809. The van der Waals surface area contributed by atoms with E-state index < -0.39 is 17.8 Å². The molecule has 1 N–H and O–H groups in total. The molecule has 1 fully saturated rings. The van der Waals surface area contributed by atoms with E-state index in [1.54, 1.807) is 36.4 Å². The summed E-state index contributed by atoms with van der Waals surface area (Å²) >= 11 is 1.42. The monoisotopic (exact) mass is 434 g/mol. The molecule has 0 saturated carbocycles. The van der Waals surface area contributed by atoms with Crippen molar-refractivity contribution in [1.29, 1.82) is 0 Å². The Morgan fingerprint density at radius 2 is 1.74 bits per heavy atom. The Labute approximate surface area is 182 Å². The van der Waals surface area contributed by atoms with Crippen molar-refractivity contribution in [3.05, 3.63) is 78.1 Å². The number of carbonyl (C=O) groups is 3. The maximum Gasteiger partial charge on any atom is 0.335 e. The van der Waals surface area contributed by atoms with Gasteiger partial charge in [0, 0.05) is 4.90 Å². The Morgan fingerprint density at radius 1 is 1.00 bits per heavy atom. The van der Waals surface area contributed by atoms with E-state index in [2.05, 4.69) is 5.32 Å². The van der Waals surface area contributed by atoms with Gasteiger partial charge in [-0.25, -0.2) is 9.69 Å². The van der Waals surface area contributed by atoms with Crippen LogP contribution in [-0.4, -0.2) is 24.5 Å². The van der Waals surface area contributed by atoms with Crippen molar-refractivity contribution in [3.8, 4) is 5.75 Å². The first-order chi connectivity index (χ1) is 15.0. The van der Waals surface area contributed by atoms with Crippen LogP contribution in [-0.2, 0) is 9.59 Å². The molecule has 2 heterocycles. The number of nitrogens with zero attached hydrogens (tertiary/aromatic N) is 1. The first-order valence-electron chi connectivity index (χ1n) is 9.52. The van der Waals surface area contributed by atoms with Crippen molar-refractivity contribution in [2.75, 3.05) is 11.5 Å². The van der Waals surface area contributed by atoms with E-state index in [9.17, 15) is 14.4 Å². The van der Waals surface area contributed by atoms with Gasteiger partial charge in [-0.2, -0.15) is 0 Å². The summed E-state index contributed by atoms with van der Waals surface area (Å²) < 4.78 is 11.1. The molecule has 4 rings (SSSR count). The number of imide groups is 2. The number of carbonyl (C=O) groups excluding carboxylic acids is 3. The summed E-state index contributed by atoms with van der Waals surface area (Å²) in [4.78, 5) is 39.5. The second-order valence-corrected chi connectivity index (χ2v) is 7.53. The summed E-state index contributed by atoms with van der Waals surface area (Å²) in [6.07, 6.45) is 1.33. The highest BCUT2D eigenvalue weighted by atomic mass is 32.2.